The predicted molar refractivity (Wildman–Crippen MR) is 55.6 cm³/mol. The minimum absolute atomic E-state index is 0.119. The van der Waals surface area contributed by atoms with Crippen LogP contribution in [-0.4, -0.2) is 54.4 Å². The summed E-state index contributed by atoms with van der Waals surface area (Å²) >= 11 is 1.84. The molecule has 1 N–H and O–H groups in total. The molecular formula is C9H14F2N2OS. The van der Waals surface area contributed by atoms with Gasteiger partial charge in [0.05, 0.1) is 13.1 Å². The van der Waals surface area contributed by atoms with Crippen LogP contribution in [0.3, 0.4) is 0 Å². The lowest BCUT2D eigenvalue weighted by atomic mass is 10.2. The van der Waals surface area contributed by atoms with Crippen molar-refractivity contribution in [3.63, 3.8) is 0 Å². The first kappa shape index (κ1) is 11.0. The standard InChI is InChI=1S/C9H14F2N2OS/c10-7-2-13(3-8(7)11)9(14)12-1-6-4-15-5-6/h6-8H,1-5H2,(H,12,14)/t7-,8+. The molecule has 2 heterocycles. The summed E-state index contributed by atoms with van der Waals surface area (Å²) in [7, 11) is 0. The quantitative estimate of drug-likeness (QED) is 0.777. The molecule has 6 heteroatoms. The molecule has 0 aromatic rings. The van der Waals surface area contributed by atoms with Crippen molar-refractivity contribution in [3.05, 3.63) is 0 Å². The second kappa shape index (κ2) is 4.55. The largest absolute Gasteiger partial charge is 0.338 e. The zero-order valence-corrected chi connectivity index (χ0v) is 9.10. The van der Waals surface area contributed by atoms with Crippen molar-refractivity contribution in [1.29, 1.82) is 0 Å². The molecule has 3 nitrogen and oxygen atoms in total. The fourth-order valence-electron chi connectivity index (χ4n) is 1.64. The first-order chi connectivity index (χ1) is 7.16. The Balaban J connectivity index is 1.71. The number of carbonyl (C=O) groups is 1. The lowest BCUT2D eigenvalue weighted by Gasteiger charge is -2.26. The third-order valence-electron chi connectivity index (χ3n) is 2.72. The van der Waals surface area contributed by atoms with E-state index in [-0.39, 0.29) is 19.1 Å². The molecule has 0 saturated carbocycles. The number of thioether (sulfide) groups is 1. The van der Waals surface area contributed by atoms with E-state index in [9.17, 15) is 13.6 Å². The molecule has 15 heavy (non-hydrogen) atoms. The number of likely N-dealkylation sites (tertiary alicyclic amines) is 1. The highest BCUT2D eigenvalue weighted by Crippen LogP contribution is 2.23. The zero-order chi connectivity index (χ0) is 10.8. The minimum atomic E-state index is -1.52. The molecule has 86 valence electrons. The molecular weight excluding hydrogens is 222 g/mol. The van der Waals surface area contributed by atoms with Crippen molar-refractivity contribution >= 4 is 17.8 Å². The predicted octanol–water partition coefficient (Wildman–Crippen LogP) is 1.05. The number of carbonyl (C=O) groups excluding carboxylic acids is 1. The van der Waals surface area contributed by atoms with E-state index < -0.39 is 12.3 Å². The molecule has 2 atom stereocenters. The number of alkyl halides is 2. The van der Waals surface area contributed by atoms with E-state index in [2.05, 4.69) is 5.32 Å². The Morgan fingerprint density at radius 1 is 1.33 bits per heavy atom. The Morgan fingerprint density at radius 3 is 2.40 bits per heavy atom. The van der Waals surface area contributed by atoms with Crippen molar-refractivity contribution in [2.45, 2.75) is 12.3 Å². The first-order valence-electron chi connectivity index (χ1n) is 5.05. The van der Waals surface area contributed by atoms with Gasteiger partial charge in [-0.2, -0.15) is 11.8 Å². The maximum Gasteiger partial charge on any atom is 0.317 e. The normalized spacial score (nSPS) is 31.5. The van der Waals surface area contributed by atoms with Gasteiger partial charge in [-0.1, -0.05) is 0 Å². The fourth-order valence-corrected chi connectivity index (χ4v) is 2.44. The number of rotatable bonds is 2. The average molecular weight is 236 g/mol. The van der Waals surface area contributed by atoms with Gasteiger partial charge in [-0.05, 0) is 17.4 Å². The lowest BCUT2D eigenvalue weighted by molar-refractivity contribution is 0.203. The Bertz CT molecular complexity index is 240. The van der Waals surface area contributed by atoms with Gasteiger partial charge < -0.3 is 10.2 Å². The summed E-state index contributed by atoms with van der Waals surface area (Å²) in [6, 6.07) is -0.338. The van der Waals surface area contributed by atoms with Crippen LogP contribution in [0.1, 0.15) is 0 Å². The molecule has 2 aliphatic rings. The monoisotopic (exact) mass is 236 g/mol. The van der Waals surface area contributed by atoms with E-state index >= 15 is 0 Å². The number of amides is 2. The smallest absolute Gasteiger partial charge is 0.317 e. The van der Waals surface area contributed by atoms with Gasteiger partial charge in [0.1, 0.15) is 0 Å². The van der Waals surface area contributed by atoms with E-state index in [4.69, 9.17) is 0 Å². The molecule has 2 amide bonds. The van der Waals surface area contributed by atoms with E-state index in [1.165, 1.54) is 4.90 Å². The van der Waals surface area contributed by atoms with E-state index in [1.807, 2.05) is 11.8 Å². The van der Waals surface area contributed by atoms with Gasteiger partial charge in [-0.25, -0.2) is 13.6 Å². The number of halogens is 2. The molecule has 0 radical (unpaired) electrons. The Hall–Kier alpha value is -0.520. The van der Waals surface area contributed by atoms with Gasteiger partial charge in [-0.3, -0.25) is 0 Å². The highest BCUT2D eigenvalue weighted by atomic mass is 32.2. The van der Waals surface area contributed by atoms with Crippen LogP contribution >= 0.6 is 11.8 Å². The summed E-state index contributed by atoms with van der Waals surface area (Å²) in [5, 5.41) is 2.71. The van der Waals surface area contributed by atoms with E-state index in [0.717, 1.165) is 11.5 Å². The van der Waals surface area contributed by atoms with E-state index in [0.29, 0.717) is 12.5 Å². The molecule has 2 aliphatic heterocycles. The van der Waals surface area contributed by atoms with E-state index in [1.54, 1.807) is 0 Å². The van der Waals surface area contributed by atoms with Gasteiger partial charge in [0.15, 0.2) is 12.3 Å². The van der Waals surface area contributed by atoms with Crippen molar-refractivity contribution in [2.75, 3.05) is 31.1 Å². The molecule has 2 rings (SSSR count). The number of nitrogens with one attached hydrogen (secondary N) is 1. The van der Waals surface area contributed by atoms with Gasteiger partial charge >= 0.3 is 6.03 Å². The lowest BCUT2D eigenvalue weighted by Crippen LogP contribution is -2.43. The van der Waals surface area contributed by atoms with Crippen LogP contribution in [-0.2, 0) is 0 Å². The van der Waals surface area contributed by atoms with Crippen molar-refractivity contribution in [1.82, 2.24) is 10.2 Å². The van der Waals surface area contributed by atoms with Gasteiger partial charge in [-0.15, -0.1) is 0 Å². The van der Waals surface area contributed by atoms with Crippen LogP contribution in [0.2, 0.25) is 0 Å². The number of hydrogen-bond donors (Lipinski definition) is 1. The van der Waals surface area contributed by atoms with Gasteiger partial charge in [0.2, 0.25) is 0 Å². The summed E-state index contributed by atoms with van der Waals surface area (Å²) in [5.74, 6) is 2.67. The number of urea groups is 1. The first-order valence-corrected chi connectivity index (χ1v) is 6.21. The maximum absolute atomic E-state index is 12.8. The van der Waals surface area contributed by atoms with Crippen LogP contribution in [0.5, 0.6) is 0 Å². The topological polar surface area (TPSA) is 32.3 Å². The zero-order valence-electron chi connectivity index (χ0n) is 8.29. The Labute approximate surface area is 91.6 Å². The molecule has 0 aromatic heterocycles. The van der Waals surface area contributed by atoms with Crippen molar-refractivity contribution in [2.24, 2.45) is 5.92 Å². The Kier molecular flexibility index (Phi) is 3.33. The third-order valence-corrected chi connectivity index (χ3v) is 4.13. The van der Waals surface area contributed by atoms with Crippen LogP contribution in [0.15, 0.2) is 0 Å². The number of hydrogen-bond acceptors (Lipinski definition) is 2. The van der Waals surface area contributed by atoms with Crippen LogP contribution in [0, 0.1) is 5.92 Å². The maximum atomic E-state index is 12.8. The highest BCUT2D eigenvalue weighted by molar-refractivity contribution is 8.00. The summed E-state index contributed by atoms with van der Waals surface area (Å²) in [5.41, 5.74) is 0. The third kappa shape index (κ3) is 2.53. The average Bonchev–Trinajstić information content (AvgIpc) is 2.44. The van der Waals surface area contributed by atoms with Gasteiger partial charge in [0, 0.05) is 6.54 Å². The second-order valence-corrected chi connectivity index (χ2v) is 5.10. The molecule has 0 aliphatic carbocycles. The van der Waals surface area contributed by atoms with Crippen LogP contribution in [0.25, 0.3) is 0 Å². The van der Waals surface area contributed by atoms with Crippen LogP contribution in [0.4, 0.5) is 13.6 Å². The molecule has 0 aromatic carbocycles. The summed E-state index contributed by atoms with van der Waals surface area (Å²) in [6.07, 6.45) is -3.04. The highest BCUT2D eigenvalue weighted by Gasteiger charge is 2.35. The SMILES string of the molecule is O=C(NCC1CSC1)N1C[C@@H](F)[C@@H](F)C1. The fraction of sp³-hybridized carbons (Fsp3) is 0.889. The van der Waals surface area contributed by atoms with Crippen molar-refractivity contribution in [3.8, 4) is 0 Å². The second-order valence-electron chi connectivity index (χ2n) is 4.03. The Morgan fingerprint density at radius 2 is 1.93 bits per heavy atom. The molecule has 0 bridgehead atoms. The van der Waals surface area contributed by atoms with Crippen LogP contribution < -0.4 is 5.32 Å². The van der Waals surface area contributed by atoms with Crippen molar-refractivity contribution < 1.29 is 13.6 Å². The van der Waals surface area contributed by atoms with Gasteiger partial charge in [0.25, 0.3) is 0 Å². The molecule has 0 unspecified atom stereocenters. The molecule has 2 fully saturated rings. The number of nitrogens with zero attached hydrogens (tertiary/aromatic N) is 1. The summed E-state index contributed by atoms with van der Waals surface area (Å²) in [4.78, 5) is 12.7. The summed E-state index contributed by atoms with van der Waals surface area (Å²) < 4.78 is 25.6. The molecule has 0 spiro atoms. The molecule has 2 saturated heterocycles. The summed E-state index contributed by atoms with van der Waals surface area (Å²) in [6.45, 7) is 0.384. The minimum Gasteiger partial charge on any atom is -0.338 e.